The number of hydrogen-bond donors (Lipinski definition) is 4. The Morgan fingerprint density at radius 1 is 1.08 bits per heavy atom. The molecule has 3 unspecified atom stereocenters. The van der Waals surface area contributed by atoms with Crippen LogP contribution >= 0.6 is 11.8 Å². The van der Waals surface area contributed by atoms with Crippen LogP contribution in [0.2, 0.25) is 0 Å². The van der Waals surface area contributed by atoms with Gasteiger partial charge in [-0.1, -0.05) is 27.7 Å². The Hall–Kier alpha value is -1.28. The van der Waals surface area contributed by atoms with Crippen LogP contribution in [0.25, 0.3) is 0 Å². The number of amides is 2. The molecular weight excluding hydrogens is 330 g/mol. The van der Waals surface area contributed by atoms with E-state index >= 15 is 0 Å². The van der Waals surface area contributed by atoms with Crippen molar-refractivity contribution >= 4 is 29.5 Å². The zero-order valence-corrected chi connectivity index (χ0v) is 16.0. The second-order valence-corrected chi connectivity index (χ2v) is 7.63. The van der Waals surface area contributed by atoms with Crippen LogP contribution in [-0.4, -0.2) is 53.0 Å². The Balaban J connectivity index is 4.94. The minimum atomic E-state index is -1.09. The molecule has 0 bridgehead atoms. The number of carboxylic acids is 1. The number of aliphatic carboxylic acids is 1. The van der Waals surface area contributed by atoms with Crippen LogP contribution in [0.15, 0.2) is 0 Å². The van der Waals surface area contributed by atoms with Gasteiger partial charge in [0.05, 0.1) is 6.04 Å². The quantitative estimate of drug-likeness (QED) is 0.432. The zero-order chi connectivity index (χ0) is 18.9. The van der Waals surface area contributed by atoms with Crippen LogP contribution in [0.4, 0.5) is 0 Å². The summed E-state index contributed by atoms with van der Waals surface area (Å²) in [5.74, 6) is -1.30. The van der Waals surface area contributed by atoms with Gasteiger partial charge in [-0.05, 0) is 36.7 Å². The van der Waals surface area contributed by atoms with E-state index in [4.69, 9.17) is 5.73 Å². The highest BCUT2D eigenvalue weighted by molar-refractivity contribution is 7.98. The lowest BCUT2D eigenvalue weighted by molar-refractivity contribution is -0.143. The molecule has 7 nitrogen and oxygen atoms in total. The highest BCUT2D eigenvalue weighted by Crippen LogP contribution is 2.07. The molecule has 5 N–H and O–H groups in total. The van der Waals surface area contributed by atoms with Crippen molar-refractivity contribution in [2.24, 2.45) is 17.6 Å². The van der Waals surface area contributed by atoms with Gasteiger partial charge in [0, 0.05) is 0 Å². The van der Waals surface area contributed by atoms with E-state index in [9.17, 15) is 19.5 Å². The molecule has 0 aromatic carbocycles. The molecule has 0 rings (SSSR count). The van der Waals surface area contributed by atoms with E-state index in [1.165, 1.54) is 0 Å². The number of carbonyl (C=O) groups excluding carboxylic acids is 2. The van der Waals surface area contributed by atoms with E-state index in [0.29, 0.717) is 18.6 Å². The molecule has 0 aromatic heterocycles. The van der Waals surface area contributed by atoms with Crippen molar-refractivity contribution < 1.29 is 19.5 Å². The number of thioether (sulfide) groups is 1. The normalized spacial score (nSPS) is 15.0. The molecule has 0 saturated heterocycles. The molecule has 0 heterocycles. The molecular formula is C16H31N3O4S. The third-order valence-electron chi connectivity index (χ3n) is 3.54. The Labute approximate surface area is 148 Å². The van der Waals surface area contributed by atoms with E-state index < -0.39 is 30.0 Å². The van der Waals surface area contributed by atoms with Crippen molar-refractivity contribution in [3.8, 4) is 0 Å². The number of carboxylic acid groups (broad SMARTS) is 1. The number of nitrogens with two attached hydrogens (primary N) is 1. The summed E-state index contributed by atoms with van der Waals surface area (Å²) in [6, 6.07) is -2.46. The first-order valence-corrected chi connectivity index (χ1v) is 9.57. The first-order valence-electron chi connectivity index (χ1n) is 8.18. The van der Waals surface area contributed by atoms with Crippen LogP contribution in [0, 0.1) is 11.8 Å². The van der Waals surface area contributed by atoms with Gasteiger partial charge in [0.2, 0.25) is 11.8 Å². The third kappa shape index (κ3) is 8.54. The van der Waals surface area contributed by atoms with E-state index in [1.54, 1.807) is 25.6 Å². The first-order chi connectivity index (χ1) is 11.1. The second kappa shape index (κ2) is 11.3. The summed E-state index contributed by atoms with van der Waals surface area (Å²) >= 11 is 1.55. The number of hydrogen-bond acceptors (Lipinski definition) is 5. The summed E-state index contributed by atoms with van der Waals surface area (Å²) in [6.45, 7) is 7.36. The summed E-state index contributed by atoms with van der Waals surface area (Å²) in [6.07, 6.45) is 2.83. The Kier molecular flexibility index (Phi) is 10.7. The van der Waals surface area contributed by atoms with Gasteiger partial charge < -0.3 is 21.5 Å². The largest absolute Gasteiger partial charge is 0.480 e. The summed E-state index contributed by atoms with van der Waals surface area (Å²) in [5, 5.41) is 14.4. The fraction of sp³-hybridized carbons (Fsp3) is 0.812. The minimum Gasteiger partial charge on any atom is -0.480 e. The number of nitrogens with one attached hydrogen (secondary N) is 2. The molecule has 24 heavy (non-hydrogen) atoms. The molecule has 0 aliphatic rings. The predicted octanol–water partition coefficient (Wildman–Crippen LogP) is 0.823. The molecule has 0 saturated carbocycles. The maximum absolute atomic E-state index is 12.4. The van der Waals surface area contributed by atoms with Crippen molar-refractivity contribution in [1.82, 2.24) is 10.6 Å². The lowest BCUT2D eigenvalue weighted by Gasteiger charge is -2.24. The first kappa shape index (κ1) is 22.7. The van der Waals surface area contributed by atoms with Gasteiger partial charge in [0.15, 0.2) is 0 Å². The smallest absolute Gasteiger partial charge is 0.326 e. The van der Waals surface area contributed by atoms with Gasteiger partial charge in [-0.15, -0.1) is 0 Å². The fourth-order valence-corrected chi connectivity index (χ4v) is 2.64. The standard InChI is InChI=1S/C16H31N3O4S/c1-9(2)8-11(17)14(20)18-12(6-7-24-5)15(21)19-13(10(3)4)16(22)23/h9-13H,6-8,17H2,1-5H3,(H,18,20)(H,19,21)(H,22,23). The second-order valence-electron chi connectivity index (χ2n) is 6.65. The molecule has 2 amide bonds. The Morgan fingerprint density at radius 3 is 2.08 bits per heavy atom. The van der Waals surface area contributed by atoms with E-state index in [2.05, 4.69) is 10.6 Å². The van der Waals surface area contributed by atoms with Gasteiger partial charge in [-0.2, -0.15) is 11.8 Å². The molecule has 0 aliphatic heterocycles. The monoisotopic (exact) mass is 361 g/mol. The lowest BCUT2D eigenvalue weighted by Crippen LogP contribution is -2.55. The minimum absolute atomic E-state index is 0.258. The summed E-state index contributed by atoms with van der Waals surface area (Å²) < 4.78 is 0. The molecule has 0 spiro atoms. The van der Waals surface area contributed by atoms with Crippen LogP contribution < -0.4 is 16.4 Å². The number of carbonyl (C=O) groups is 3. The van der Waals surface area contributed by atoms with Gasteiger partial charge in [0.25, 0.3) is 0 Å². The fourth-order valence-electron chi connectivity index (χ4n) is 2.17. The number of rotatable bonds is 11. The van der Waals surface area contributed by atoms with Crippen molar-refractivity contribution in [2.45, 2.75) is 58.7 Å². The average Bonchev–Trinajstić information content (AvgIpc) is 2.46. The van der Waals surface area contributed by atoms with Gasteiger partial charge >= 0.3 is 5.97 Å². The highest BCUT2D eigenvalue weighted by atomic mass is 32.2. The van der Waals surface area contributed by atoms with Crippen molar-refractivity contribution in [2.75, 3.05) is 12.0 Å². The van der Waals surface area contributed by atoms with Crippen LogP contribution in [0.3, 0.4) is 0 Å². The van der Waals surface area contributed by atoms with Gasteiger partial charge in [-0.3, -0.25) is 9.59 Å². The SMILES string of the molecule is CSCCC(NC(=O)C(N)CC(C)C)C(=O)NC(C(=O)O)C(C)C. The Bertz CT molecular complexity index is 430. The summed E-state index contributed by atoms with van der Waals surface area (Å²) in [7, 11) is 0. The molecule has 0 aromatic rings. The molecule has 0 aliphatic carbocycles. The highest BCUT2D eigenvalue weighted by Gasteiger charge is 2.29. The molecule has 0 radical (unpaired) electrons. The Morgan fingerprint density at radius 2 is 1.67 bits per heavy atom. The predicted molar refractivity (Wildman–Crippen MR) is 96.8 cm³/mol. The zero-order valence-electron chi connectivity index (χ0n) is 15.2. The van der Waals surface area contributed by atoms with E-state index in [-0.39, 0.29) is 17.7 Å². The average molecular weight is 362 g/mol. The van der Waals surface area contributed by atoms with Crippen LogP contribution in [0.5, 0.6) is 0 Å². The third-order valence-corrected chi connectivity index (χ3v) is 4.18. The van der Waals surface area contributed by atoms with Gasteiger partial charge in [-0.25, -0.2) is 4.79 Å². The maximum Gasteiger partial charge on any atom is 0.326 e. The van der Waals surface area contributed by atoms with E-state index in [0.717, 1.165) is 0 Å². The van der Waals surface area contributed by atoms with E-state index in [1.807, 2.05) is 20.1 Å². The van der Waals surface area contributed by atoms with Crippen molar-refractivity contribution in [3.05, 3.63) is 0 Å². The van der Waals surface area contributed by atoms with Crippen LogP contribution in [0.1, 0.15) is 40.5 Å². The van der Waals surface area contributed by atoms with Crippen molar-refractivity contribution in [3.63, 3.8) is 0 Å². The summed E-state index contributed by atoms with van der Waals surface area (Å²) in [4.78, 5) is 35.8. The molecule has 8 heteroatoms. The van der Waals surface area contributed by atoms with Crippen LogP contribution in [-0.2, 0) is 14.4 Å². The summed E-state index contributed by atoms with van der Waals surface area (Å²) in [5.41, 5.74) is 5.85. The molecule has 140 valence electrons. The molecule has 3 atom stereocenters. The maximum atomic E-state index is 12.4. The topological polar surface area (TPSA) is 122 Å². The van der Waals surface area contributed by atoms with Crippen molar-refractivity contribution in [1.29, 1.82) is 0 Å². The molecule has 0 fully saturated rings. The lowest BCUT2D eigenvalue weighted by atomic mass is 10.0. The van der Waals surface area contributed by atoms with Gasteiger partial charge in [0.1, 0.15) is 12.1 Å².